The second-order valence-corrected chi connectivity index (χ2v) is 3.50. The lowest BCUT2D eigenvalue weighted by Gasteiger charge is -2.18. The van der Waals surface area contributed by atoms with Crippen molar-refractivity contribution in [3.8, 4) is 0 Å². The summed E-state index contributed by atoms with van der Waals surface area (Å²) in [6.07, 6.45) is -1.76. The predicted octanol–water partition coefficient (Wildman–Crippen LogP) is 2.90. The first-order valence-corrected chi connectivity index (χ1v) is 5.31. The van der Waals surface area contributed by atoms with Crippen LogP contribution in [0, 0.1) is 0 Å². The molecule has 1 N–H and O–H groups in total. The highest BCUT2D eigenvalue weighted by atomic mass is 19.4. The summed E-state index contributed by atoms with van der Waals surface area (Å²) < 4.78 is 40.8. The Morgan fingerprint density at radius 1 is 1.13 bits per heavy atom. The minimum Gasteiger partial charge on any atom is -0.393 e. The van der Waals surface area contributed by atoms with Crippen molar-refractivity contribution >= 4 is 0 Å². The van der Waals surface area contributed by atoms with E-state index in [4.69, 9.17) is 5.11 Å². The molecule has 92 valence electrons. The first kappa shape index (κ1) is 14.7. The van der Waals surface area contributed by atoms with Gasteiger partial charge >= 0.3 is 6.18 Å². The molecule has 2 nitrogen and oxygen atoms in total. The van der Waals surface area contributed by atoms with Crippen LogP contribution in [0.15, 0.2) is 0 Å². The zero-order valence-corrected chi connectivity index (χ0v) is 9.02. The number of ether oxygens (including phenoxy) is 1. The number of halogens is 3. The number of aliphatic hydroxyl groups excluding tert-OH is 1. The molecule has 0 spiro atoms. The number of hydrogen-bond donors (Lipinski definition) is 1. The van der Waals surface area contributed by atoms with E-state index >= 15 is 0 Å². The van der Waals surface area contributed by atoms with Gasteiger partial charge in [0.25, 0.3) is 0 Å². The van der Waals surface area contributed by atoms with Crippen LogP contribution in [-0.4, -0.2) is 30.6 Å². The maximum absolute atomic E-state index is 12.1. The summed E-state index contributed by atoms with van der Waals surface area (Å²) in [5.41, 5.74) is 0. The largest absolute Gasteiger partial charge is 0.416 e. The molecule has 5 heteroatoms. The molecule has 0 fully saturated rings. The van der Waals surface area contributed by atoms with Crippen molar-refractivity contribution < 1.29 is 23.0 Å². The zero-order chi connectivity index (χ0) is 11.7. The summed E-state index contributed by atoms with van der Waals surface area (Å²) in [7, 11) is 0. The smallest absolute Gasteiger partial charge is 0.393 e. The molecule has 0 aromatic carbocycles. The van der Waals surface area contributed by atoms with Gasteiger partial charge in [-0.1, -0.05) is 32.6 Å². The van der Waals surface area contributed by atoms with Crippen molar-refractivity contribution in [1.29, 1.82) is 0 Å². The lowest BCUT2D eigenvalue weighted by atomic mass is 10.2. The summed E-state index contributed by atoms with van der Waals surface area (Å²) in [4.78, 5) is 0. The van der Waals surface area contributed by atoms with Crippen LogP contribution >= 0.6 is 0 Å². The summed E-state index contributed by atoms with van der Waals surface area (Å²) in [5, 5.41) is 8.46. The van der Waals surface area contributed by atoms with Gasteiger partial charge in [-0.05, 0) is 6.42 Å². The van der Waals surface area contributed by atoms with Crippen molar-refractivity contribution in [2.24, 2.45) is 0 Å². The monoisotopic (exact) mass is 228 g/mol. The third-order valence-corrected chi connectivity index (χ3v) is 2.10. The Kier molecular flexibility index (Phi) is 7.78. The Hall–Kier alpha value is -0.290. The van der Waals surface area contributed by atoms with E-state index in [0.717, 1.165) is 25.7 Å². The van der Waals surface area contributed by atoms with E-state index < -0.39 is 18.9 Å². The van der Waals surface area contributed by atoms with Gasteiger partial charge in [0.2, 0.25) is 0 Å². The molecule has 0 amide bonds. The Labute approximate surface area is 88.4 Å². The van der Waals surface area contributed by atoms with Crippen molar-refractivity contribution in [3.63, 3.8) is 0 Å². The quantitative estimate of drug-likeness (QED) is 0.647. The third kappa shape index (κ3) is 7.62. The minimum absolute atomic E-state index is 0.0639. The van der Waals surface area contributed by atoms with Gasteiger partial charge in [0.15, 0.2) is 6.10 Å². The molecule has 0 aliphatic rings. The number of rotatable bonds is 8. The first-order chi connectivity index (χ1) is 7.02. The summed E-state index contributed by atoms with van der Waals surface area (Å²) in [6.45, 7) is 1.13. The molecule has 0 aromatic rings. The average molecular weight is 228 g/mol. The van der Waals surface area contributed by atoms with Crippen molar-refractivity contribution in [3.05, 3.63) is 0 Å². The fourth-order valence-corrected chi connectivity index (χ4v) is 1.18. The molecule has 0 aliphatic carbocycles. The van der Waals surface area contributed by atoms with E-state index in [1.54, 1.807) is 0 Å². The molecular weight excluding hydrogens is 209 g/mol. The van der Waals surface area contributed by atoms with E-state index in [1.165, 1.54) is 0 Å². The Balaban J connectivity index is 3.48. The predicted molar refractivity (Wildman–Crippen MR) is 51.6 cm³/mol. The molecule has 0 saturated heterocycles. The number of unbranched alkanes of at least 4 members (excludes halogenated alkanes) is 4. The lowest BCUT2D eigenvalue weighted by Crippen LogP contribution is -2.35. The SMILES string of the molecule is CCCCCCCOC(CO)C(F)(F)F. The normalized spacial score (nSPS) is 14.2. The number of alkyl halides is 3. The summed E-state index contributed by atoms with van der Waals surface area (Å²) in [5.74, 6) is 0. The van der Waals surface area contributed by atoms with Crippen LogP contribution < -0.4 is 0 Å². The first-order valence-electron chi connectivity index (χ1n) is 5.31. The third-order valence-electron chi connectivity index (χ3n) is 2.10. The number of aliphatic hydroxyl groups is 1. The summed E-state index contributed by atoms with van der Waals surface area (Å²) in [6, 6.07) is 0. The molecule has 0 bridgehead atoms. The second-order valence-electron chi connectivity index (χ2n) is 3.50. The van der Waals surface area contributed by atoms with Crippen molar-refractivity contribution in [2.45, 2.75) is 51.3 Å². The van der Waals surface area contributed by atoms with Crippen LogP contribution in [0.4, 0.5) is 13.2 Å². The summed E-state index contributed by atoms with van der Waals surface area (Å²) >= 11 is 0. The zero-order valence-electron chi connectivity index (χ0n) is 9.02. The second kappa shape index (κ2) is 7.93. The molecule has 0 radical (unpaired) electrons. The fourth-order valence-electron chi connectivity index (χ4n) is 1.18. The molecule has 0 saturated carbocycles. The molecule has 1 unspecified atom stereocenters. The van der Waals surface area contributed by atoms with Gasteiger partial charge in [-0.3, -0.25) is 0 Å². The van der Waals surface area contributed by atoms with Gasteiger partial charge in [-0.2, -0.15) is 13.2 Å². The van der Waals surface area contributed by atoms with E-state index in [2.05, 4.69) is 11.7 Å². The maximum atomic E-state index is 12.1. The molecule has 0 aliphatic heterocycles. The van der Waals surface area contributed by atoms with Crippen LogP contribution in [0.3, 0.4) is 0 Å². The Bertz CT molecular complexity index is 148. The lowest BCUT2D eigenvalue weighted by molar-refractivity contribution is -0.229. The van der Waals surface area contributed by atoms with Crippen molar-refractivity contribution in [2.75, 3.05) is 13.2 Å². The van der Waals surface area contributed by atoms with Gasteiger partial charge in [0.05, 0.1) is 6.61 Å². The number of hydrogen-bond acceptors (Lipinski definition) is 2. The maximum Gasteiger partial charge on any atom is 0.416 e. The molecular formula is C10H19F3O2. The highest BCUT2D eigenvalue weighted by molar-refractivity contribution is 4.65. The highest BCUT2D eigenvalue weighted by Crippen LogP contribution is 2.22. The molecule has 15 heavy (non-hydrogen) atoms. The van der Waals surface area contributed by atoms with Crippen LogP contribution in [-0.2, 0) is 4.74 Å². The van der Waals surface area contributed by atoms with E-state index in [0.29, 0.717) is 6.42 Å². The van der Waals surface area contributed by atoms with E-state index in [9.17, 15) is 13.2 Å². The van der Waals surface area contributed by atoms with Crippen LogP contribution in [0.5, 0.6) is 0 Å². The molecule has 0 heterocycles. The van der Waals surface area contributed by atoms with E-state index in [1.807, 2.05) is 0 Å². The van der Waals surface area contributed by atoms with Gasteiger partial charge in [0, 0.05) is 6.61 Å². The van der Waals surface area contributed by atoms with Crippen LogP contribution in [0.1, 0.15) is 39.0 Å². The van der Waals surface area contributed by atoms with E-state index in [-0.39, 0.29) is 6.61 Å². The standard InChI is InChI=1S/C10H19F3O2/c1-2-3-4-5-6-7-15-9(8-14)10(11,12)13/h9,14H,2-8H2,1H3. The molecule has 0 aromatic heterocycles. The van der Waals surface area contributed by atoms with Crippen LogP contribution in [0.2, 0.25) is 0 Å². The topological polar surface area (TPSA) is 29.5 Å². The van der Waals surface area contributed by atoms with Gasteiger partial charge < -0.3 is 9.84 Å². The minimum atomic E-state index is -4.46. The highest BCUT2D eigenvalue weighted by Gasteiger charge is 2.39. The van der Waals surface area contributed by atoms with Gasteiger partial charge in [-0.25, -0.2) is 0 Å². The van der Waals surface area contributed by atoms with Crippen molar-refractivity contribution in [1.82, 2.24) is 0 Å². The Morgan fingerprint density at radius 3 is 2.20 bits per heavy atom. The van der Waals surface area contributed by atoms with Gasteiger partial charge in [0.1, 0.15) is 0 Å². The molecule has 0 rings (SSSR count). The fraction of sp³-hybridized carbons (Fsp3) is 1.00. The van der Waals surface area contributed by atoms with Crippen LogP contribution in [0.25, 0.3) is 0 Å². The van der Waals surface area contributed by atoms with Gasteiger partial charge in [-0.15, -0.1) is 0 Å². The Morgan fingerprint density at radius 2 is 1.73 bits per heavy atom. The average Bonchev–Trinajstić information content (AvgIpc) is 2.15. The molecule has 1 atom stereocenters.